The van der Waals surface area contributed by atoms with Crippen molar-refractivity contribution in [3.05, 3.63) is 75.4 Å². The molecule has 0 aliphatic carbocycles. The Morgan fingerprint density at radius 1 is 1.12 bits per heavy atom. The minimum atomic E-state index is -0.675. The minimum absolute atomic E-state index is 0.109. The summed E-state index contributed by atoms with van der Waals surface area (Å²) in [7, 11) is 0. The SMILES string of the molecule is Cc1ccc(N2NCC3C(=O)NC(n4nc(C)cc4NC(=O)c4ccc(Cl)cc4Cl)NC32)cc1. The molecule has 0 spiro atoms. The standard InChI is InChI=1S/C23H23Cl2N7O2/c1-12-3-6-15(7-4-12)31-20-17(11-26-31)22(34)29-23(28-20)32-19(9-13(2)30-32)27-21(33)16-8-5-14(24)10-18(16)25/h3-10,17,20,23,26,28H,11H2,1-2H3,(H,27,33)(H,29,34). The predicted molar refractivity (Wildman–Crippen MR) is 131 cm³/mol. The van der Waals surface area contributed by atoms with Gasteiger partial charge in [-0.3, -0.25) is 19.9 Å². The fraction of sp³-hybridized carbons (Fsp3) is 0.261. The highest BCUT2D eigenvalue weighted by molar-refractivity contribution is 6.37. The predicted octanol–water partition coefficient (Wildman–Crippen LogP) is 3.20. The second-order valence-corrected chi connectivity index (χ2v) is 9.23. The third kappa shape index (κ3) is 4.23. The molecule has 34 heavy (non-hydrogen) atoms. The average molecular weight is 500 g/mol. The zero-order valence-corrected chi connectivity index (χ0v) is 20.0. The Hall–Kier alpha value is -3.11. The Labute approximate surface area is 206 Å². The number of benzene rings is 2. The third-order valence-corrected chi connectivity index (χ3v) is 6.46. The van der Waals surface area contributed by atoms with E-state index in [2.05, 4.69) is 26.5 Å². The molecule has 3 heterocycles. The van der Waals surface area contributed by atoms with Crippen molar-refractivity contribution in [2.24, 2.45) is 5.92 Å². The normalized spacial score (nSPS) is 21.8. The monoisotopic (exact) mass is 499 g/mol. The van der Waals surface area contributed by atoms with Crippen LogP contribution >= 0.6 is 23.2 Å². The molecule has 2 amide bonds. The fourth-order valence-corrected chi connectivity index (χ4v) is 4.71. The molecule has 2 saturated heterocycles. The third-order valence-electron chi connectivity index (χ3n) is 5.92. The molecular formula is C23H23Cl2N7O2. The largest absolute Gasteiger partial charge is 0.321 e. The highest BCUT2D eigenvalue weighted by Crippen LogP contribution is 2.28. The lowest BCUT2D eigenvalue weighted by Crippen LogP contribution is -2.61. The molecule has 3 aromatic rings. The summed E-state index contributed by atoms with van der Waals surface area (Å²) in [4.78, 5) is 25.8. The van der Waals surface area contributed by atoms with E-state index in [9.17, 15) is 9.59 Å². The number of anilines is 2. The van der Waals surface area contributed by atoms with Crippen LogP contribution in [0.25, 0.3) is 0 Å². The van der Waals surface area contributed by atoms with E-state index in [1.165, 1.54) is 6.07 Å². The van der Waals surface area contributed by atoms with Crippen molar-refractivity contribution >= 4 is 46.5 Å². The van der Waals surface area contributed by atoms with Gasteiger partial charge in [-0.25, -0.2) is 10.1 Å². The Kier molecular flexibility index (Phi) is 5.95. The van der Waals surface area contributed by atoms with Crippen molar-refractivity contribution in [3.63, 3.8) is 0 Å². The second-order valence-electron chi connectivity index (χ2n) is 8.39. The molecule has 176 valence electrons. The molecule has 2 fully saturated rings. The summed E-state index contributed by atoms with van der Waals surface area (Å²) in [5, 5.41) is 16.4. The van der Waals surface area contributed by atoms with E-state index in [1.54, 1.807) is 22.9 Å². The van der Waals surface area contributed by atoms with Crippen LogP contribution < -0.4 is 26.4 Å². The summed E-state index contributed by atoms with van der Waals surface area (Å²) in [5.74, 6) is -0.397. The number of nitrogens with zero attached hydrogens (tertiary/aromatic N) is 3. The molecule has 3 unspecified atom stereocenters. The number of rotatable bonds is 4. The van der Waals surface area contributed by atoms with Crippen LogP contribution in [0.3, 0.4) is 0 Å². The Morgan fingerprint density at radius 2 is 1.88 bits per heavy atom. The minimum Gasteiger partial charge on any atom is -0.321 e. The maximum atomic E-state index is 13.0. The van der Waals surface area contributed by atoms with Gasteiger partial charge in [0.25, 0.3) is 5.91 Å². The first-order valence-corrected chi connectivity index (χ1v) is 11.5. The van der Waals surface area contributed by atoms with Crippen molar-refractivity contribution in [1.29, 1.82) is 0 Å². The molecule has 3 atom stereocenters. The number of hydrogen-bond donors (Lipinski definition) is 4. The van der Waals surface area contributed by atoms with E-state index < -0.39 is 12.2 Å². The zero-order chi connectivity index (χ0) is 24.0. The van der Waals surface area contributed by atoms with Crippen LogP contribution in [0.1, 0.15) is 27.9 Å². The van der Waals surface area contributed by atoms with Gasteiger partial charge in [0.2, 0.25) is 5.91 Å². The Bertz CT molecular complexity index is 1260. The number of nitrogens with one attached hydrogen (secondary N) is 4. The molecule has 0 saturated carbocycles. The number of carbonyl (C=O) groups is 2. The molecule has 11 heteroatoms. The molecule has 5 rings (SSSR count). The summed E-state index contributed by atoms with van der Waals surface area (Å²) in [5.41, 5.74) is 6.36. The summed E-state index contributed by atoms with van der Waals surface area (Å²) in [6.07, 6.45) is -0.980. The van der Waals surface area contributed by atoms with Gasteiger partial charge in [-0.1, -0.05) is 40.9 Å². The first kappa shape index (κ1) is 22.7. The summed E-state index contributed by atoms with van der Waals surface area (Å²) in [6, 6.07) is 14.5. The van der Waals surface area contributed by atoms with E-state index >= 15 is 0 Å². The highest BCUT2D eigenvalue weighted by atomic mass is 35.5. The van der Waals surface area contributed by atoms with Crippen LogP contribution in [-0.4, -0.2) is 34.3 Å². The van der Waals surface area contributed by atoms with Crippen LogP contribution in [0, 0.1) is 19.8 Å². The van der Waals surface area contributed by atoms with Gasteiger partial charge in [0.1, 0.15) is 12.0 Å². The summed E-state index contributed by atoms with van der Waals surface area (Å²) >= 11 is 12.1. The number of hydrogen-bond acceptors (Lipinski definition) is 6. The van der Waals surface area contributed by atoms with Gasteiger partial charge in [0, 0.05) is 17.6 Å². The van der Waals surface area contributed by atoms with Crippen molar-refractivity contribution in [2.45, 2.75) is 26.3 Å². The van der Waals surface area contributed by atoms with Crippen LogP contribution in [0.4, 0.5) is 11.5 Å². The molecule has 1 aromatic heterocycles. The number of aromatic nitrogens is 2. The Balaban J connectivity index is 1.40. The van der Waals surface area contributed by atoms with E-state index in [-0.39, 0.29) is 28.6 Å². The van der Waals surface area contributed by atoms with Crippen LogP contribution in [0.2, 0.25) is 10.0 Å². The molecule has 2 aliphatic heterocycles. The molecule has 4 N–H and O–H groups in total. The smallest absolute Gasteiger partial charge is 0.258 e. The second kappa shape index (κ2) is 8.92. The van der Waals surface area contributed by atoms with Crippen LogP contribution in [0.15, 0.2) is 48.5 Å². The first-order valence-electron chi connectivity index (χ1n) is 10.8. The Morgan fingerprint density at radius 3 is 2.62 bits per heavy atom. The molecule has 9 nitrogen and oxygen atoms in total. The van der Waals surface area contributed by atoms with Crippen molar-refractivity contribution in [1.82, 2.24) is 25.8 Å². The summed E-state index contributed by atoms with van der Waals surface area (Å²) in [6.45, 7) is 4.34. The van der Waals surface area contributed by atoms with Gasteiger partial charge >= 0.3 is 0 Å². The first-order chi connectivity index (χ1) is 16.3. The van der Waals surface area contributed by atoms with Gasteiger partial charge in [0.15, 0.2) is 6.29 Å². The van der Waals surface area contributed by atoms with Gasteiger partial charge in [0.05, 0.1) is 27.9 Å². The average Bonchev–Trinajstić information content (AvgIpc) is 3.38. The van der Waals surface area contributed by atoms with E-state index in [1.807, 2.05) is 43.1 Å². The van der Waals surface area contributed by atoms with Crippen LogP contribution in [-0.2, 0) is 4.79 Å². The lowest BCUT2D eigenvalue weighted by atomic mass is 10.0. The number of fused-ring (bicyclic) bond motifs is 1. The number of halogens is 2. The highest BCUT2D eigenvalue weighted by Gasteiger charge is 2.45. The van der Waals surface area contributed by atoms with Crippen molar-refractivity contribution in [2.75, 3.05) is 16.9 Å². The number of hydrazine groups is 1. The van der Waals surface area contributed by atoms with E-state index in [0.29, 0.717) is 23.1 Å². The maximum absolute atomic E-state index is 13.0. The van der Waals surface area contributed by atoms with Gasteiger partial charge in [-0.15, -0.1) is 0 Å². The summed E-state index contributed by atoms with van der Waals surface area (Å²) < 4.78 is 1.55. The molecule has 2 aromatic carbocycles. The van der Waals surface area contributed by atoms with E-state index in [4.69, 9.17) is 23.2 Å². The van der Waals surface area contributed by atoms with Gasteiger partial charge in [-0.05, 0) is 44.2 Å². The topological polar surface area (TPSA) is 103 Å². The lowest BCUT2D eigenvalue weighted by molar-refractivity contribution is -0.129. The molecule has 0 bridgehead atoms. The maximum Gasteiger partial charge on any atom is 0.258 e. The fourth-order valence-electron chi connectivity index (χ4n) is 4.21. The van der Waals surface area contributed by atoms with Gasteiger partial charge < -0.3 is 10.6 Å². The lowest BCUT2D eigenvalue weighted by Gasteiger charge is -2.37. The zero-order valence-electron chi connectivity index (χ0n) is 18.5. The quantitative estimate of drug-likeness (QED) is 0.439. The van der Waals surface area contributed by atoms with Crippen LogP contribution in [0.5, 0.6) is 0 Å². The molecule has 2 aliphatic rings. The van der Waals surface area contributed by atoms with Crippen molar-refractivity contribution < 1.29 is 9.59 Å². The molecule has 0 radical (unpaired) electrons. The van der Waals surface area contributed by atoms with Gasteiger partial charge in [-0.2, -0.15) is 5.10 Å². The molecular weight excluding hydrogens is 477 g/mol. The van der Waals surface area contributed by atoms with Crippen molar-refractivity contribution in [3.8, 4) is 0 Å². The van der Waals surface area contributed by atoms with E-state index in [0.717, 1.165) is 11.3 Å². The number of amides is 2. The number of aryl methyl sites for hydroxylation is 2. The number of carbonyl (C=O) groups excluding carboxylic acids is 2.